The summed E-state index contributed by atoms with van der Waals surface area (Å²) in [7, 11) is -8.54. The Morgan fingerprint density at radius 2 is 0.828 bits per heavy atom. The Bertz CT molecular complexity index is 2060. The Hall–Kier alpha value is -5.90. The Kier molecular flexibility index (Phi) is 18.7. The maximum Gasteiger partial charge on any atom is 0.468 e. The molecule has 4 aromatic carbocycles. The number of rotatable bonds is 6. The fourth-order valence-electron chi connectivity index (χ4n) is 4.61. The Labute approximate surface area is 338 Å². The van der Waals surface area contributed by atoms with Crippen LogP contribution >= 0.6 is 0 Å². The van der Waals surface area contributed by atoms with Gasteiger partial charge >= 0.3 is 12.0 Å². The van der Waals surface area contributed by atoms with Gasteiger partial charge in [-0.3, -0.25) is 21.1 Å². The van der Waals surface area contributed by atoms with Gasteiger partial charge in [0.15, 0.2) is 11.7 Å². The second-order valence-electron chi connectivity index (χ2n) is 12.3. The van der Waals surface area contributed by atoms with Gasteiger partial charge in [-0.2, -0.15) is 0 Å². The largest absolute Gasteiger partial charge is 0.744 e. The lowest BCUT2D eigenvalue weighted by Crippen LogP contribution is -2.38. The molecule has 0 radical (unpaired) electrons. The second kappa shape index (κ2) is 23.4. The number of nitrogens with two attached hydrogens (primary N) is 4. The lowest BCUT2D eigenvalue weighted by Gasteiger charge is -2.13. The maximum atomic E-state index is 10.4. The fourth-order valence-corrected chi connectivity index (χ4v) is 5.55. The monoisotopic (exact) mass is 840 g/mol. The molecule has 0 aliphatic carbocycles. The van der Waals surface area contributed by atoms with Crippen molar-refractivity contribution in [3.8, 4) is 0 Å². The molecule has 6 rings (SSSR count). The molecule has 8 N–H and O–H groups in total. The Balaban J connectivity index is 0.000000213. The molecular weight excluding hydrogens is 793 g/mol. The first-order valence-corrected chi connectivity index (χ1v) is 20.4. The quantitative estimate of drug-likeness (QED) is 0.0697. The van der Waals surface area contributed by atoms with E-state index >= 15 is 0 Å². The first-order valence-electron chi connectivity index (χ1n) is 17.6. The molecule has 2 heterocycles. The van der Waals surface area contributed by atoms with Crippen molar-refractivity contribution in [3.05, 3.63) is 131 Å². The Morgan fingerprint density at radius 1 is 0.534 bits per heavy atom. The maximum absolute atomic E-state index is 10.4. The molecule has 18 nitrogen and oxygen atoms in total. The van der Waals surface area contributed by atoms with Gasteiger partial charge in [0.05, 0.1) is 36.2 Å². The van der Waals surface area contributed by atoms with Crippen LogP contribution in [0.2, 0.25) is 0 Å². The van der Waals surface area contributed by atoms with E-state index in [1.54, 1.807) is 24.3 Å². The van der Waals surface area contributed by atoms with Crippen LogP contribution < -0.4 is 22.9 Å². The van der Waals surface area contributed by atoms with Gasteiger partial charge in [0.2, 0.25) is 0 Å². The van der Waals surface area contributed by atoms with Gasteiger partial charge < -0.3 is 30.0 Å². The zero-order valence-corrected chi connectivity index (χ0v) is 33.7. The molecule has 0 bridgehead atoms. The number of hydrogen-bond acceptors (Lipinski definition) is 12. The SMILES string of the molecule is Cc1ccc(S(=O)(=O)[O-])cc1.Cc1ccc(S(=O)(=O)[O-])cc1.NC(O/N=C(\N)c1ccccc1)=[N+]1CCOCC1.NC(O/N=C(\N)c1ccccc1)=[N+]1CCOCC1. The van der Waals surface area contributed by atoms with Gasteiger partial charge in [0.1, 0.15) is 46.4 Å². The highest BCUT2D eigenvalue weighted by molar-refractivity contribution is 7.86. The van der Waals surface area contributed by atoms with E-state index in [4.69, 9.17) is 42.1 Å². The average Bonchev–Trinajstić information content (AvgIpc) is 3.23. The van der Waals surface area contributed by atoms with Crippen LogP contribution in [0.15, 0.2) is 129 Å². The summed E-state index contributed by atoms with van der Waals surface area (Å²) in [5, 5.41) is 7.64. The number of morpholine rings is 2. The molecule has 0 spiro atoms. The minimum absolute atomic E-state index is 0.178. The highest BCUT2D eigenvalue weighted by Gasteiger charge is 2.16. The Morgan fingerprint density at radius 3 is 1.10 bits per heavy atom. The van der Waals surface area contributed by atoms with Gasteiger partial charge in [0.25, 0.3) is 0 Å². The van der Waals surface area contributed by atoms with Crippen LogP contribution in [0.3, 0.4) is 0 Å². The van der Waals surface area contributed by atoms with Crippen molar-refractivity contribution in [3.63, 3.8) is 0 Å². The predicted molar refractivity (Wildman–Crippen MR) is 215 cm³/mol. The number of benzene rings is 4. The fraction of sp³-hybridized carbons (Fsp3) is 0.263. The molecule has 4 aromatic rings. The number of ether oxygens (including phenoxy) is 2. The van der Waals surface area contributed by atoms with Gasteiger partial charge in [-0.25, -0.2) is 26.0 Å². The van der Waals surface area contributed by atoms with Crippen LogP contribution in [0.25, 0.3) is 0 Å². The first-order chi connectivity index (χ1) is 27.5. The van der Waals surface area contributed by atoms with E-state index in [2.05, 4.69) is 10.3 Å². The van der Waals surface area contributed by atoms with Crippen LogP contribution in [0.5, 0.6) is 0 Å². The van der Waals surface area contributed by atoms with Crippen molar-refractivity contribution in [2.24, 2.45) is 33.2 Å². The van der Waals surface area contributed by atoms with E-state index in [9.17, 15) is 25.9 Å². The van der Waals surface area contributed by atoms with Gasteiger partial charge in [-0.1, -0.05) is 106 Å². The highest BCUT2D eigenvalue weighted by Crippen LogP contribution is 2.09. The first kappa shape index (κ1) is 46.5. The zero-order chi connectivity index (χ0) is 42.6. The molecule has 0 amide bonds. The van der Waals surface area contributed by atoms with E-state index in [-0.39, 0.29) is 21.8 Å². The molecule has 20 heteroatoms. The average molecular weight is 841 g/mol. The van der Waals surface area contributed by atoms with Gasteiger partial charge in [-0.05, 0) is 38.1 Å². The van der Waals surface area contributed by atoms with Crippen molar-refractivity contribution in [2.45, 2.75) is 23.6 Å². The summed E-state index contributed by atoms with van der Waals surface area (Å²) >= 11 is 0. The predicted octanol–water partition coefficient (Wildman–Crippen LogP) is 1.16. The molecule has 2 aliphatic rings. The molecule has 0 atom stereocenters. The third-order valence-corrected chi connectivity index (χ3v) is 9.58. The number of hydrogen-bond donors (Lipinski definition) is 4. The van der Waals surface area contributed by atoms with E-state index in [1.165, 1.54) is 24.3 Å². The summed E-state index contributed by atoms with van der Waals surface area (Å²) in [5.74, 6) is 0.596. The summed E-state index contributed by atoms with van der Waals surface area (Å²) in [6.45, 7) is 9.01. The lowest BCUT2D eigenvalue weighted by molar-refractivity contribution is -0.558. The summed E-state index contributed by atoms with van der Waals surface area (Å²) < 4.78 is 76.5. The van der Waals surface area contributed by atoms with Crippen molar-refractivity contribution >= 4 is 44.0 Å². The molecule has 2 saturated heterocycles. The molecule has 0 unspecified atom stereocenters. The zero-order valence-electron chi connectivity index (χ0n) is 32.0. The molecule has 0 aromatic heterocycles. The molecule has 58 heavy (non-hydrogen) atoms. The smallest absolute Gasteiger partial charge is 0.468 e. The van der Waals surface area contributed by atoms with Crippen LogP contribution in [0.1, 0.15) is 22.3 Å². The van der Waals surface area contributed by atoms with E-state index in [0.717, 1.165) is 22.3 Å². The lowest BCUT2D eigenvalue weighted by atomic mass is 10.2. The van der Waals surface area contributed by atoms with Gasteiger partial charge in [-0.15, -0.1) is 0 Å². The molecule has 2 aliphatic heterocycles. The summed E-state index contributed by atoms with van der Waals surface area (Å²) in [4.78, 5) is 9.90. The van der Waals surface area contributed by atoms with Crippen LogP contribution in [-0.4, -0.2) is 111 Å². The third-order valence-electron chi connectivity index (χ3n) is 7.88. The summed E-state index contributed by atoms with van der Waals surface area (Å²) in [5.41, 5.74) is 26.6. The van der Waals surface area contributed by atoms with Crippen molar-refractivity contribution in [1.29, 1.82) is 0 Å². The second-order valence-corrected chi connectivity index (χ2v) is 15.0. The van der Waals surface area contributed by atoms with E-state index < -0.39 is 20.2 Å². The summed E-state index contributed by atoms with van der Waals surface area (Å²) in [6.07, 6.45) is 0. The van der Waals surface area contributed by atoms with E-state index in [0.29, 0.717) is 64.3 Å². The summed E-state index contributed by atoms with van der Waals surface area (Å²) in [6, 6.07) is 30.8. The standard InChI is InChI=1S/2C12H16N4O2.2C7H8O3S/c2*13-11(10-4-2-1-3-5-10)15-18-12(14)16-6-8-17-9-7-16;2*1-6-2-4-7(5-3-6)11(8,9)10/h2*1-5,14H,6-9H2,(H2,13,15);2*2-5H,1H3,(H,8,9,10). The van der Waals surface area contributed by atoms with E-state index in [1.807, 2.05) is 83.7 Å². The van der Waals surface area contributed by atoms with Crippen LogP contribution in [-0.2, 0) is 39.4 Å². The third kappa shape index (κ3) is 17.1. The molecule has 2 fully saturated rings. The van der Waals surface area contributed by atoms with Crippen LogP contribution in [0, 0.1) is 13.8 Å². The number of oxime groups is 2. The molecular formula is C38H48N8O10S2. The van der Waals surface area contributed by atoms with Crippen molar-refractivity contribution < 1.29 is 54.2 Å². The highest BCUT2D eigenvalue weighted by atomic mass is 32.2. The number of nitrogens with zero attached hydrogens (tertiary/aromatic N) is 4. The van der Waals surface area contributed by atoms with Crippen molar-refractivity contribution in [1.82, 2.24) is 0 Å². The minimum atomic E-state index is -4.27. The number of aryl methyl sites for hydroxylation is 2. The minimum Gasteiger partial charge on any atom is -0.744 e. The van der Waals surface area contributed by atoms with Crippen molar-refractivity contribution in [2.75, 3.05) is 52.6 Å². The topological polar surface area (TPSA) is 286 Å². The normalized spacial score (nSPS) is 14.6. The molecule has 0 saturated carbocycles. The van der Waals surface area contributed by atoms with Crippen LogP contribution in [0.4, 0.5) is 0 Å². The van der Waals surface area contributed by atoms with Gasteiger partial charge in [0, 0.05) is 11.1 Å². The molecule has 312 valence electrons. The number of amidine groups is 4.